The van der Waals surface area contributed by atoms with E-state index in [0.29, 0.717) is 11.5 Å². The van der Waals surface area contributed by atoms with Gasteiger partial charge in [-0.1, -0.05) is 5.16 Å². The summed E-state index contributed by atoms with van der Waals surface area (Å²) in [7, 11) is 2.07. The van der Waals surface area contributed by atoms with Gasteiger partial charge < -0.3 is 14.7 Å². The second-order valence-corrected chi connectivity index (χ2v) is 4.40. The predicted octanol–water partition coefficient (Wildman–Crippen LogP) is 0.807. The number of aromatic nitrogens is 1. The van der Waals surface area contributed by atoms with Crippen molar-refractivity contribution in [3.05, 3.63) is 17.5 Å². The Hall–Kier alpha value is -1.36. The molecule has 2 rings (SSSR count). The van der Waals surface area contributed by atoms with E-state index in [1.54, 1.807) is 13.0 Å². The molecule has 1 saturated heterocycles. The number of hydrogen-bond acceptors (Lipinski definition) is 4. The van der Waals surface area contributed by atoms with Gasteiger partial charge in [-0.15, -0.1) is 0 Å². The summed E-state index contributed by atoms with van der Waals surface area (Å²) in [6.45, 7) is 3.79. The Bertz CT molecular complexity index is 375. The Morgan fingerprint density at radius 1 is 1.69 bits per heavy atom. The number of hydrogen-bond donors (Lipinski definition) is 1. The van der Waals surface area contributed by atoms with Crippen LogP contribution in [0.5, 0.6) is 0 Å². The summed E-state index contributed by atoms with van der Waals surface area (Å²) < 4.78 is 4.87. The van der Waals surface area contributed by atoms with Crippen molar-refractivity contribution in [1.29, 1.82) is 0 Å². The third-order valence-electron chi connectivity index (χ3n) is 2.82. The SMILES string of the molecule is Cc1cc(C(=O)N[C@@H]2CCCN(C)C2)no1. The molecule has 16 heavy (non-hydrogen) atoms. The van der Waals surface area contributed by atoms with Crippen LogP contribution in [0.15, 0.2) is 10.6 Å². The van der Waals surface area contributed by atoms with Gasteiger partial charge in [0, 0.05) is 18.7 Å². The van der Waals surface area contributed by atoms with E-state index in [9.17, 15) is 4.79 Å². The maximum Gasteiger partial charge on any atom is 0.273 e. The molecule has 0 radical (unpaired) electrons. The average molecular weight is 223 g/mol. The second kappa shape index (κ2) is 4.65. The quantitative estimate of drug-likeness (QED) is 0.806. The molecule has 2 heterocycles. The Morgan fingerprint density at radius 2 is 2.50 bits per heavy atom. The van der Waals surface area contributed by atoms with Crippen molar-refractivity contribution in [2.75, 3.05) is 20.1 Å². The molecule has 0 bridgehead atoms. The van der Waals surface area contributed by atoms with Crippen molar-refractivity contribution < 1.29 is 9.32 Å². The van der Waals surface area contributed by atoms with Crippen LogP contribution in [-0.2, 0) is 0 Å². The molecule has 0 spiro atoms. The molecule has 1 aromatic heterocycles. The Kier molecular flexibility index (Phi) is 3.24. The lowest BCUT2D eigenvalue weighted by molar-refractivity contribution is 0.0903. The number of nitrogens with zero attached hydrogens (tertiary/aromatic N) is 2. The van der Waals surface area contributed by atoms with Gasteiger partial charge in [0.2, 0.25) is 0 Å². The summed E-state index contributed by atoms with van der Waals surface area (Å²) in [6, 6.07) is 1.88. The minimum Gasteiger partial charge on any atom is -0.361 e. The zero-order valence-electron chi connectivity index (χ0n) is 9.69. The van der Waals surface area contributed by atoms with Crippen molar-refractivity contribution in [2.24, 2.45) is 0 Å². The molecule has 0 unspecified atom stereocenters. The lowest BCUT2D eigenvalue weighted by Crippen LogP contribution is -2.46. The van der Waals surface area contributed by atoms with Gasteiger partial charge in [-0.2, -0.15) is 0 Å². The van der Waals surface area contributed by atoms with Gasteiger partial charge >= 0.3 is 0 Å². The molecule has 1 amide bonds. The molecule has 5 heteroatoms. The minimum atomic E-state index is -0.142. The molecule has 1 N–H and O–H groups in total. The van der Waals surface area contributed by atoms with E-state index in [2.05, 4.69) is 22.4 Å². The summed E-state index contributed by atoms with van der Waals surface area (Å²) in [4.78, 5) is 14.0. The smallest absolute Gasteiger partial charge is 0.273 e. The zero-order chi connectivity index (χ0) is 11.5. The van der Waals surface area contributed by atoms with Gasteiger partial charge in [0.25, 0.3) is 5.91 Å². The van der Waals surface area contributed by atoms with E-state index in [1.165, 1.54) is 0 Å². The first-order chi connectivity index (χ1) is 7.65. The van der Waals surface area contributed by atoms with Crippen LogP contribution in [0.3, 0.4) is 0 Å². The summed E-state index contributed by atoms with van der Waals surface area (Å²) in [5, 5.41) is 6.68. The Labute approximate surface area is 94.8 Å². The van der Waals surface area contributed by atoms with Crippen molar-refractivity contribution in [2.45, 2.75) is 25.8 Å². The molecule has 0 saturated carbocycles. The molecule has 0 aromatic carbocycles. The maximum absolute atomic E-state index is 11.8. The summed E-state index contributed by atoms with van der Waals surface area (Å²) in [6.07, 6.45) is 2.16. The molecule has 5 nitrogen and oxygen atoms in total. The van der Waals surface area contributed by atoms with E-state index in [-0.39, 0.29) is 11.9 Å². The van der Waals surface area contributed by atoms with Crippen LogP contribution in [0.1, 0.15) is 29.1 Å². The number of carbonyl (C=O) groups excluding carboxylic acids is 1. The average Bonchev–Trinajstić information content (AvgIpc) is 2.65. The van der Waals surface area contributed by atoms with E-state index in [4.69, 9.17) is 4.52 Å². The first-order valence-corrected chi connectivity index (χ1v) is 5.58. The number of rotatable bonds is 2. The van der Waals surface area contributed by atoms with Gasteiger partial charge in [0.15, 0.2) is 5.69 Å². The first kappa shape index (κ1) is 11.1. The van der Waals surface area contributed by atoms with Gasteiger partial charge in [-0.3, -0.25) is 4.79 Å². The highest BCUT2D eigenvalue weighted by molar-refractivity contribution is 5.92. The van der Waals surface area contributed by atoms with Gasteiger partial charge in [0.1, 0.15) is 5.76 Å². The lowest BCUT2D eigenvalue weighted by atomic mass is 10.1. The highest BCUT2D eigenvalue weighted by Gasteiger charge is 2.20. The molecule has 1 aromatic rings. The van der Waals surface area contributed by atoms with Crippen molar-refractivity contribution in [3.8, 4) is 0 Å². The molecule has 1 fully saturated rings. The summed E-state index contributed by atoms with van der Waals surface area (Å²) >= 11 is 0. The van der Waals surface area contributed by atoms with Gasteiger partial charge in [0.05, 0.1) is 0 Å². The Morgan fingerprint density at radius 3 is 3.12 bits per heavy atom. The topological polar surface area (TPSA) is 58.4 Å². The minimum absolute atomic E-state index is 0.142. The normalized spacial score (nSPS) is 22.0. The molecule has 88 valence electrons. The number of piperidine rings is 1. The van der Waals surface area contributed by atoms with Crippen molar-refractivity contribution in [1.82, 2.24) is 15.4 Å². The van der Waals surface area contributed by atoms with Crippen LogP contribution in [0.4, 0.5) is 0 Å². The van der Waals surface area contributed by atoms with E-state index >= 15 is 0 Å². The van der Waals surface area contributed by atoms with Crippen LogP contribution in [0.25, 0.3) is 0 Å². The van der Waals surface area contributed by atoms with Crippen molar-refractivity contribution >= 4 is 5.91 Å². The summed E-state index contributed by atoms with van der Waals surface area (Å²) in [5.41, 5.74) is 0.366. The summed E-state index contributed by atoms with van der Waals surface area (Å²) in [5.74, 6) is 0.517. The molecule has 1 atom stereocenters. The third-order valence-corrected chi connectivity index (χ3v) is 2.82. The number of amides is 1. The van der Waals surface area contributed by atoms with E-state index in [0.717, 1.165) is 25.9 Å². The monoisotopic (exact) mass is 223 g/mol. The van der Waals surface area contributed by atoms with Crippen LogP contribution in [0.2, 0.25) is 0 Å². The molecule has 1 aliphatic heterocycles. The lowest BCUT2D eigenvalue weighted by Gasteiger charge is -2.29. The first-order valence-electron chi connectivity index (χ1n) is 5.58. The highest BCUT2D eigenvalue weighted by atomic mass is 16.5. The van der Waals surface area contributed by atoms with Crippen LogP contribution in [0, 0.1) is 6.92 Å². The zero-order valence-corrected chi connectivity index (χ0v) is 9.69. The van der Waals surface area contributed by atoms with Crippen LogP contribution in [-0.4, -0.2) is 42.1 Å². The third kappa shape index (κ3) is 2.61. The second-order valence-electron chi connectivity index (χ2n) is 4.40. The number of aryl methyl sites for hydroxylation is 1. The van der Waals surface area contributed by atoms with Crippen LogP contribution < -0.4 is 5.32 Å². The van der Waals surface area contributed by atoms with Crippen LogP contribution >= 0.6 is 0 Å². The van der Waals surface area contributed by atoms with E-state index in [1.807, 2.05) is 0 Å². The number of nitrogens with one attached hydrogen (secondary N) is 1. The van der Waals surface area contributed by atoms with Crippen molar-refractivity contribution in [3.63, 3.8) is 0 Å². The largest absolute Gasteiger partial charge is 0.361 e. The molecule has 0 aliphatic carbocycles. The fourth-order valence-corrected chi connectivity index (χ4v) is 2.02. The standard InChI is InChI=1S/C11H17N3O2/c1-8-6-10(13-16-8)11(15)12-9-4-3-5-14(2)7-9/h6,9H,3-5,7H2,1-2H3,(H,12,15)/t9-/m1/s1. The molecular formula is C11H17N3O2. The number of carbonyl (C=O) groups is 1. The van der Waals surface area contributed by atoms with E-state index < -0.39 is 0 Å². The van der Waals surface area contributed by atoms with Gasteiger partial charge in [-0.05, 0) is 33.4 Å². The highest BCUT2D eigenvalue weighted by Crippen LogP contribution is 2.09. The fourth-order valence-electron chi connectivity index (χ4n) is 2.02. The molecular weight excluding hydrogens is 206 g/mol. The molecule has 1 aliphatic rings. The number of likely N-dealkylation sites (N-methyl/N-ethyl adjacent to an activating group) is 1. The fraction of sp³-hybridized carbons (Fsp3) is 0.636. The Balaban J connectivity index is 1.92. The maximum atomic E-state index is 11.8. The number of likely N-dealkylation sites (tertiary alicyclic amines) is 1. The van der Waals surface area contributed by atoms with Gasteiger partial charge in [-0.25, -0.2) is 0 Å². The predicted molar refractivity (Wildman–Crippen MR) is 59.2 cm³/mol.